The maximum absolute atomic E-state index is 11.0. The topological polar surface area (TPSA) is 67.2 Å². The monoisotopic (exact) mass is 283 g/mol. The number of aryl methyl sites for hydroxylation is 1. The highest BCUT2D eigenvalue weighted by molar-refractivity contribution is 5.60. The fourth-order valence-electron chi connectivity index (χ4n) is 2.78. The van der Waals surface area contributed by atoms with Gasteiger partial charge in [0.15, 0.2) is 0 Å². The summed E-state index contributed by atoms with van der Waals surface area (Å²) in [6.45, 7) is 3.67. The van der Waals surface area contributed by atoms with Crippen molar-refractivity contribution in [2.24, 2.45) is 0 Å². The van der Waals surface area contributed by atoms with Gasteiger partial charge in [-0.3, -0.25) is 10.1 Å². The van der Waals surface area contributed by atoms with Gasteiger partial charge in [-0.15, -0.1) is 0 Å². The molecule has 108 valence electrons. The minimum Gasteiger partial charge on any atom is -0.383 e. The van der Waals surface area contributed by atoms with Gasteiger partial charge in [0.2, 0.25) is 0 Å². The third-order valence-electron chi connectivity index (χ3n) is 3.85. The lowest BCUT2D eigenvalue weighted by molar-refractivity contribution is -0.384. The first-order valence-electron chi connectivity index (χ1n) is 6.98. The fraction of sp³-hybridized carbons (Fsp3) is 0.250. The molecule has 5 nitrogen and oxygen atoms in total. The molecule has 0 spiro atoms. The van der Waals surface area contributed by atoms with Crippen LogP contribution >= 0.6 is 0 Å². The predicted molar refractivity (Wildman–Crippen MR) is 82.6 cm³/mol. The molecule has 2 N–H and O–H groups in total. The van der Waals surface area contributed by atoms with Crippen molar-refractivity contribution in [2.75, 3.05) is 18.4 Å². The van der Waals surface area contributed by atoms with Crippen molar-refractivity contribution >= 4 is 11.4 Å². The first kappa shape index (κ1) is 13.6. The van der Waals surface area contributed by atoms with Crippen LogP contribution in [0.1, 0.15) is 22.7 Å². The minimum atomic E-state index is -0.347. The summed E-state index contributed by atoms with van der Waals surface area (Å²) >= 11 is 0. The number of nitro benzene ring substituents is 1. The standard InChI is InChI=1S/C16H17N3O2/c1-11-4-2-3-5-13(11)16-14-10-12(19(20)21)6-7-15(14)17-8-9-18-16/h2-7,10,16-18H,8-9H2,1H3. The first-order valence-corrected chi connectivity index (χ1v) is 6.98. The van der Waals surface area contributed by atoms with E-state index in [-0.39, 0.29) is 16.7 Å². The van der Waals surface area contributed by atoms with E-state index in [1.165, 1.54) is 5.56 Å². The van der Waals surface area contributed by atoms with Gasteiger partial charge in [0.05, 0.1) is 11.0 Å². The molecule has 0 saturated carbocycles. The summed E-state index contributed by atoms with van der Waals surface area (Å²) in [5, 5.41) is 17.8. The van der Waals surface area contributed by atoms with E-state index in [1.54, 1.807) is 18.2 Å². The lowest BCUT2D eigenvalue weighted by Crippen LogP contribution is -2.24. The number of nitrogens with zero attached hydrogens (tertiary/aromatic N) is 1. The molecule has 1 aliphatic heterocycles. The normalized spacial score (nSPS) is 17.5. The molecule has 0 aliphatic carbocycles. The average Bonchev–Trinajstić information content (AvgIpc) is 2.69. The molecule has 3 rings (SSSR count). The molecule has 1 atom stereocenters. The Morgan fingerprint density at radius 3 is 2.71 bits per heavy atom. The van der Waals surface area contributed by atoms with Crippen LogP contribution in [0.4, 0.5) is 11.4 Å². The van der Waals surface area contributed by atoms with E-state index in [9.17, 15) is 10.1 Å². The van der Waals surface area contributed by atoms with E-state index >= 15 is 0 Å². The Morgan fingerprint density at radius 1 is 1.14 bits per heavy atom. The Labute approximate surface area is 123 Å². The maximum Gasteiger partial charge on any atom is 0.269 e. The van der Waals surface area contributed by atoms with Crippen LogP contribution in [0.25, 0.3) is 0 Å². The number of hydrogen-bond donors (Lipinski definition) is 2. The summed E-state index contributed by atoms with van der Waals surface area (Å²) in [6, 6.07) is 13.1. The second-order valence-electron chi connectivity index (χ2n) is 5.20. The molecule has 0 amide bonds. The number of nitrogens with one attached hydrogen (secondary N) is 2. The second kappa shape index (κ2) is 5.54. The van der Waals surface area contributed by atoms with Gasteiger partial charge in [-0.2, -0.15) is 0 Å². The van der Waals surface area contributed by atoms with Gasteiger partial charge >= 0.3 is 0 Å². The Bertz CT molecular complexity index is 685. The van der Waals surface area contributed by atoms with Gasteiger partial charge in [-0.05, 0) is 24.1 Å². The Morgan fingerprint density at radius 2 is 1.95 bits per heavy atom. The summed E-state index contributed by atoms with van der Waals surface area (Å²) < 4.78 is 0. The van der Waals surface area contributed by atoms with Crippen LogP contribution in [-0.2, 0) is 0 Å². The molecule has 21 heavy (non-hydrogen) atoms. The molecule has 0 radical (unpaired) electrons. The number of anilines is 1. The number of benzene rings is 2. The van der Waals surface area contributed by atoms with Gasteiger partial charge in [0.25, 0.3) is 5.69 Å². The molecule has 0 bridgehead atoms. The Kier molecular flexibility index (Phi) is 3.58. The van der Waals surface area contributed by atoms with E-state index in [1.807, 2.05) is 12.1 Å². The number of non-ortho nitro benzene ring substituents is 1. The largest absolute Gasteiger partial charge is 0.383 e. The van der Waals surface area contributed by atoms with Crippen LogP contribution in [0, 0.1) is 17.0 Å². The summed E-state index contributed by atoms with van der Waals surface area (Å²) in [7, 11) is 0. The average molecular weight is 283 g/mol. The summed E-state index contributed by atoms with van der Waals surface area (Å²) in [4.78, 5) is 10.7. The molecular formula is C16H17N3O2. The quantitative estimate of drug-likeness (QED) is 0.656. The predicted octanol–water partition coefficient (Wildman–Crippen LogP) is 3.01. The van der Waals surface area contributed by atoms with Gasteiger partial charge in [0.1, 0.15) is 0 Å². The summed E-state index contributed by atoms with van der Waals surface area (Å²) in [5.41, 5.74) is 4.34. The van der Waals surface area contributed by atoms with Crippen molar-refractivity contribution in [3.8, 4) is 0 Å². The molecule has 0 saturated heterocycles. The smallest absolute Gasteiger partial charge is 0.269 e. The van der Waals surface area contributed by atoms with E-state index in [4.69, 9.17) is 0 Å². The van der Waals surface area contributed by atoms with Crippen LogP contribution in [0.3, 0.4) is 0 Å². The zero-order valence-electron chi connectivity index (χ0n) is 11.8. The van der Waals surface area contributed by atoms with E-state index < -0.39 is 0 Å². The molecule has 1 unspecified atom stereocenters. The van der Waals surface area contributed by atoms with Crippen molar-refractivity contribution in [1.82, 2.24) is 5.32 Å². The molecule has 5 heteroatoms. The number of hydrogen-bond acceptors (Lipinski definition) is 4. The third kappa shape index (κ3) is 2.60. The van der Waals surface area contributed by atoms with Gasteiger partial charge in [-0.1, -0.05) is 24.3 Å². The van der Waals surface area contributed by atoms with Crippen molar-refractivity contribution in [3.63, 3.8) is 0 Å². The highest BCUT2D eigenvalue weighted by Gasteiger charge is 2.23. The van der Waals surface area contributed by atoms with Gasteiger partial charge in [0, 0.05) is 36.5 Å². The van der Waals surface area contributed by atoms with Gasteiger partial charge < -0.3 is 10.6 Å². The number of rotatable bonds is 2. The van der Waals surface area contributed by atoms with Gasteiger partial charge in [-0.25, -0.2) is 0 Å². The number of nitro groups is 1. The molecular weight excluding hydrogens is 266 g/mol. The molecule has 0 aromatic heterocycles. The zero-order chi connectivity index (χ0) is 14.8. The van der Waals surface area contributed by atoms with Crippen LogP contribution in [0.15, 0.2) is 42.5 Å². The SMILES string of the molecule is Cc1ccccc1C1NCCNc2ccc([N+](=O)[O-])cc21. The van der Waals surface area contributed by atoms with E-state index in [0.29, 0.717) is 0 Å². The maximum atomic E-state index is 11.0. The molecule has 2 aromatic carbocycles. The highest BCUT2D eigenvalue weighted by Crippen LogP contribution is 2.34. The third-order valence-corrected chi connectivity index (χ3v) is 3.85. The lowest BCUT2D eigenvalue weighted by atomic mass is 9.94. The molecule has 2 aromatic rings. The fourth-order valence-corrected chi connectivity index (χ4v) is 2.78. The van der Waals surface area contributed by atoms with Crippen molar-refractivity contribution in [2.45, 2.75) is 13.0 Å². The minimum absolute atomic E-state index is 0.0314. The molecule has 1 aliphatic rings. The van der Waals surface area contributed by atoms with Crippen molar-refractivity contribution < 1.29 is 4.92 Å². The van der Waals surface area contributed by atoms with Crippen LogP contribution in [-0.4, -0.2) is 18.0 Å². The summed E-state index contributed by atoms with van der Waals surface area (Å²) in [5.74, 6) is 0. The number of fused-ring (bicyclic) bond motifs is 1. The first-order chi connectivity index (χ1) is 10.2. The van der Waals surface area contributed by atoms with Crippen molar-refractivity contribution in [1.29, 1.82) is 0 Å². The second-order valence-corrected chi connectivity index (χ2v) is 5.20. The lowest BCUT2D eigenvalue weighted by Gasteiger charge is -2.20. The highest BCUT2D eigenvalue weighted by atomic mass is 16.6. The van der Waals surface area contributed by atoms with Crippen molar-refractivity contribution in [3.05, 3.63) is 69.3 Å². The van der Waals surface area contributed by atoms with Crippen LogP contribution in [0.5, 0.6) is 0 Å². The summed E-state index contributed by atoms with van der Waals surface area (Å²) in [6.07, 6.45) is 0. The Hall–Kier alpha value is -2.40. The Balaban J connectivity index is 2.13. The van der Waals surface area contributed by atoms with Crippen LogP contribution in [0.2, 0.25) is 0 Å². The molecule has 1 heterocycles. The van der Waals surface area contributed by atoms with Crippen LogP contribution < -0.4 is 10.6 Å². The zero-order valence-corrected chi connectivity index (χ0v) is 11.8. The molecule has 0 fully saturated rings. The van der Waals surface area contributed by atoms with E-state index in [2.05, 4.69) is 29.7 Å². The van der Waals surface area contributed by atoms with E-state index in [0.717, 1.165) is 29.9 Å².